The highest BCUT2D eigenvalue weighted by Crippen LogP contribution is 2.18. The Labute approximate surface area is 117 Å². The van der Waals surface area contributed by atoms with Gasteiger partial charge in [-0.3, -0.25) is 0 Å². The van der Waals surface area contributed by atoms with E-state index in [4.69, 9.17) is 0 Å². The second kappa shape index (κ2) is 8.31. The number of rotatable bonds is 8. The Morgan fingerprint density at radius 1 is 1.00 bits per heavy atom. The fourth-order valence-electron chi connectivity index (χ4n) is 2.46. The summed E-state index contributed by atoms with van der Waals surface area (Å²) in [5.74, 6) is 1.75. The quantitative estimate of drug-likeness (QED) is 0.740. The second-order valence-electron chi connectivity index (χ2n) is 6.34. The zero-order valence-corrected chi connectivity index (χ0v) is 12.7. The van der Waals surface area contributed by atoms with E-state index in [2.05, 4.69) is 33.0 Å². The lowest BCUT2D eigenvalue weighted by atomic mass is 9.90. The minimum Gasteiger partial charge on any atom is -0.316 e. The van der Waals surface area contributed by atoms with Gasteiger partial charge >= 0.3 is 0 Å². The van der Waals surface area contributed by atoms with Crippen molar-refractivity contribution in [2.75, 3.05) is 13.1 Å². The number of nitrogens with one attached hydrogen (secondary N) is 1. The third-order valence-electron chi connectivity index (χ3n) is 3.26. The molecule has 0 fully saturated rings. The fraction of sp³-hybridized carbons (Fsp3) is 0.647. The first kappa shape index (κ1) is 16.2. The molecule has 19 heavy (non-hydrogen) atoms. The summed E-state index contributed by atoms with van der Waals surface area (Å²) in [6.07, 6.45) is 1.97. The Morgan fingerprint density at radius 3 is 2.26 bits per heavy atom. The predicted octanol–water partition coefficient (Wildman–Crippen LogP) is 4.28. The fourth-order valence-corrected chi connectivity index (χ4v) is 2.46. The molecule has 0 aliphatic rings. The molecule has 0 radical (unpaired) electrons. The van der Waals surface area contributed by atoms with Crippen LogP contribution in [0.25, 0.3) is 0 Å². The molecule has 2 heteroatoms. The SMILES string of the molecule is CC(C)CNCC(Cc1ccccc1F)CC(C)C. The van der Waals surface area contributed by atoms with Gasteiger partial charge in [0.1, 0.15) is 5.82 Å². The number of hydrogen-bond acceptors (Lipinski definition) is 1. The average molecular weight is 265 g/mol. The van der Waals surface area contributed by atoms with Gasteiger partial charge in [-0.05, 0) is 55.3 Å². The average Bonchev–Trinajstić information content (AvgIpc) is 2.30. The molecule has 1 aromatic carbocycles. The van der Waals surface area contributed by atoms with Crippen molar-refractivity contribution < 1.29 is 4.39 Å². The molecule has 1 atom stereocenters. The molecule has 1 aromatic rings. The lowest BCUT2D eigenvalue weighted by Crippen LogP contribution is -2.28. The second-order valence-corrected chi connectivity index (χ2v) is 6.34. The topological polar surface area (TPSA) is 12.0 Å². The summed E-state index contributed by atoms with van der Waals surface area (Å²) in [4.78, 5) is 0. The maximum atomic E-state index is 13.7. The molecular formula is C17H28FN. The molecule has 0 saturated carbocycles. The molecule has 1 N–H and O–H groups in total. The molecule has 0 heterocycles. The van der Waals surface area contributed by atoms with E-state index < -0.39 is 0 Å². The zero-order valence-electron chi connectivity index (χ0n) is 12.7. The highest BCUT2D eigenvalue weighted by atomic mass is 19.1. The monoisotopic (exact) mass is 265 g/mol. The third-order valence-corrected chi connectivity index (χ3v) is 3.26. The minimum atomic E-state index is -0.0693. The molecule has 0 aliphatic heterocycles. The van der Waals surface area contributed by atoms with Crippen LogP contribution in [-0.4, -0.2) is 13.1 Å². The van der Waals surface area contributed by atoms with Gasteiger partial charge in [-0.2, -0.15) is 0 Å². The van der Waals surface area contributed by atoms with Gasteiger partial charge in [-0.15, -0.1) is 0 Å². The summed E-state index contributed by atoms with van der Waals surface area (Å²) in [6, 6.07) is 7.15. The van der Waals surface area contributed by atoms with E-state index in [0.29, 0.717) is 17.8 Å². The molecule has 108 valence electrons. The van der Waals surface area contributed by atoms with E-state index in [1.54, 1.807) is 12.1 Å². The van der Waals surface area contributed by atoms with Crippen LogP contribution in [0.1, 0.15) is 39.7 Å². The van der Waals surface area contributed by atoms with Gasteiger partial charge in [0.2, 0.25) is 0 Å². The molecule has 1 rings (SSSR count). The van der Waals surface area contributed by atoms with Crippen molar-refractivity contribution in [3.05, 3.63) is 35.6 Å². The van der Waals surface area contributed by atoms with Gasteiger partial charge < -0.3 is 5.32 Å². The standard InChI is InChI=1S/C17H28FN/c1-13(2)9-15(12-19-11-14(3)4)10-16-7-5-6-8-17(16)18/h5-8,13-15,19H,9-12H2,1-4H3. The zero-order chi connectivity index (χ0) is 14.3. The van der Waals surface area contributed by atoms with Crippen LogP contribution < -0.4 is 5.32 Å². The highest BCUT2D eigenvalue weighted by Gasteiger charge is 2.14. The summed E-state index contributed by atoms with van der Waals surface area (Å²) in [5, 5.41) is 3.51. The van der Waals surface area contributed by atoms with Crippen LogP contribution >= 0.6 is 0 Å². The molecule has 0 bridgehead atoms. The maximum absolute atomic E-state index is 13.7. The number of hydrogen-bond donors (Lipinski definition) is 1. The summed E-state index contributed by atoms with van der Waals surface area (Å²) in [6.45, 7) is 10.9. The van der Waals surface area contributed by atoms with Gasteiger partial charge in [0.25, 0.3) is 0 Å². The minimum absolute atomic E-state index is 0.0693. The summed E-state index contributed by atoms with van der Waals surface area (Å²) in [7, 11) is 0. The van der Waals surface area contributed by atoms with Crippen molar-refractivity contribution in [1.82, 2.24) is 5.32 Å². The van der Waals surface area contributed by atoms with Gasteiger partial charge in [-0.25, -0.2) is 4.39 Å². The van der Waals surface area contributed by atoms with E-state index in [1.807, 2.05) is 12.1 Å². The van der Waals surface area contributed by atoms with E-state index in [0.717, 1.165) is 31.5 Å². The van der Waals surface area contributed by atoms with Gasteiger partial charge in [0, 0.05) is 0 Å². The van der Waals surface area contributed by atoms with Crippen molar-refractivity contribution in [3.8, 4) is 0 Å². The van der Waals surface area contributed by atoms with Crippen LogP contribution in [0.2, 0.25) is 0 Å². The Kier molecular flexibility index (Phi) is 7.07. The van der Waals surface area contributed by atoms with Crippen molar-refractivity contribution in [3.63, 3.8) is 0 Å². The van der Waals surface area contributed by atoms with Crippen molar-refractivity contribution in [2.45, 2.75) is 40.5 Å². The van der Waals surface area contributed by atoms with Crippen LogP contribution in [-0.2, 0) is 6.42 Å². The van der Waals surface area contributed by atoms with Gasteiger partial charge in [0.15, 0.2) is 0 Å². The van der Waals surface area contributed by atoms with Gasteiger partial charge in [0.05, 0.1) is 0 Å². The van der Waals surface area contributed by atoms with E-state index in [9.17, 15) is 4.39 Å². The molecule has 1 unspecified atom stereocenters. The molecule has 0 saturated heterocycles. The third kappa shape index (κ3) is 6.72. The first-order valence-corrected chi connectivity index (χ1v) is 7.43. The van der Waals surface area contributed by atoms with Crippen LogP contribution in [0.15, 0.2) is 24.3 Å². The molecule has 0 aliphatic carbocycles. The van der Waals surface area contributed by atoms with Crippen LogP contribution in [0.4, 0.5) is 4.39 Å². The number of benzene rings is 1. The molecule has 0 aromatic heterocycles. The summed E-state index contributed by atoms with van der Waals surface area (Å²) in [5.41, 5.74) is 0.847. The van der Waals surface area contributed by atoms with Crippen LogP contribution in [0.3, 0.4) is 0 Å². The van der Waals surface area contributed by atoms with Crippen LogP contribution in [0, 0.1) is 23.6 Å². The molecular weight excluding hydrogens is 237 g/mol. The molecule has 0 spiro atoms. The Hall–Kier alpha value is -0.890. The predicted molar refractivity (Wildman–Crippen MR) is 80.8 cm³/mol. The lowest BCUT2D eigenvalue weighted by Gasteiger charge is -2.20. The highest BCUT2D eigenvalue weighted by molar-refractivity contribution is 5.17. The normalized spacial score (nSPS) is 13.2. The number of halogens is 1. The van der Waals surface area contributed by atoms with Crippen LogP contribution in [0.5, 0.6) is 0 Å². The first-order chi connectivity index (χ1) is 8.99. The van der Waals surface area contributed by atoms with E-state index in [-0.39, 0.29) is 5.82 Å². The van der Waals surface area contributed by atoms with Gasteiger partial charge in [-0.1, -0.05) is 45.9 Å². The molecule has 1 nitrogen and oxygen atoms in total. The lowest BCUT2D eigenvalue weighted by molar-refractivity contribution is 0.372. The molecule has 0 amide bonds. The van der Waals surface area contributed by atoms with E-state index >= 15 is 0 Å². The first-order valence-electron chi connectivity index (χ1n) is 7.43. The maximum Gasteiger partial charge on any atom is 0.126 e. The van der Waals surface area contributed by atoms with Crippen molar-refractivity contribution in [2.24, 2.45) is 17.8 Å². The summed E-state index contributed by atoms with van der Waals surface area (Å²) < 4.78 is 13.7. The Balaban J connectivity index is 2.56. The summed E-state index contributed by atoms with van der Waals surface area (Å²) >= 11 is 0. The van der Waals surface area contributed by atoms with Crippen molar-refractivity contribution >= 4 is 0 Å². The smallest absolute Gasteiger partial charge is 0.126 e. The van der Waals surface area contributed by atoms with Crippen molar-refractivity contribution in [1.29, 1.82) is 0 Å². The Bertz CT molecular complexity index is 360. The largest absolute Gasteiger partial charge is 0.316 e. The Morgan fingerprint density at radius 2 is 1.68 bits per heavy atom. The van der Waals surface area contributed by atoms with E-state index in [1.165, 1.54) is 0 Å².